The lowest BCUT2D eigenvalue weighted by atomic mass is 10.0. The van der Waals surface area contributed by atoms with Crippen LogP contribution in [0.3, 0.4) is 0 Å². The van der Waals surface area contributed by atoms with E-state index in [1.165, 1.54) is 0 Å². The third-order valence-corrected chi connectivity index (χ3v) is 1.96. The number of hydrogen-bond acceptors (Lipinski definition) is 2. The minimum Gasteiger partial charge on any atom is -0.481 e. The Morgan fingerprint density at radius 2 is 1.94 bits per heavy atom. The number of rotatable bonds is 3. The van der Waals surface area contributed by atoms with E-state index in [0.29, 0.717) is 6.20 Å². The van der Waals surface area contributed by atoms with Gasteiger partial charge in [0.05, 0.1) is 6.20 Å². The second kappa shape index (κ2) is 4.64. The summed E-state index contributed by atoms with van der Waals surface area (Å²) in [4.78, 5) is 12.8. The first kappa shape index (κ1) is 13.3. The molecule has 94 valence electrons. The molecule has 8 heteroatoms. The van der Waals surface area contributed by atoms with Crippen LogP contribution in [0.2, 0.25) is 0 Å². The van der Waals surface area contributed by atoms with Crippen molar-refractivity contribution in [3.8, 4) is 0 Å². The summed E-state index contributed by atoms with van der Waals surface area (Å²) in [6.07, 6.45) is -6.31. The molecule has 0 spiro atoms. The first-order chi connectivity index (χ1) is 7.73. The van der Waals surface area contributed by atoms with Crippen molar-refractivity contribution in [3.63, 3.8) is 0 Å². The number of nitrogens with zero attached hydrogens (tertiary/aromatic N) is 1. The molecule has 0 saturated heterocycles. The molecule has 0 saturated carbocycles. The standard InChI is InChI=1S/C9H6F5NO2/c10-5-3-15-8(11)7(9(12,13)14)4(5)1-2-6(16)17/h3H,1-2H2,(H,16,17). The van der Waals surface area contributed by atoms with Crippen molar-refractivity contribution >= 4 is 5.97 Å². The summed E-state index contributed by atoms with van der Waals surface area (Å²) in [5.41, 5.74) is -2.87. The van der Waals surface area contributed by atoms with E-state index in [2.05, 4.69) is 4.98 Å². The summed E-state index contributed by atoms with van der Waals surface area (Å²) >= 11 is 0. The highest BCUT2D eigenvalue weighted by Crippen LogP contribution is 2.34. The first-order valence-electron chi connectivity index (χ1n) is 4.35. The number of hydrogen-bond donors (Lipinski definition) is 1. The van der Waals surface area contributed by atoms with Crippen molar-refractivity contribution in [2.75, 3.05) is 0 Å². The number of pyridine rings is 1. The van der Waals surface area contributed by atoms with E-state index >= 15 is 0 Å². The molecule has 0 aromatic carbocycles. The Kier molecular flexibility index (Phi) is 3.64. The van der Waals surface area contributed by atoms with E-state index in [1.807, 2.05) is 0 Å². The fourth-order valence-electron chi connectivity index (χ4n) is 1.26. The fraction of sp³-hybridized carbons (Fsp3) is 0.333. The zero-order valence-electron chi connectivity index (χ0n) is 8.18. The maximum Gasteiger partial charge on any atom is 0.421 e. The molecule has 0 radical (unpaired) electrons. The molecule has 0 aliphatic carbocycles. The predicted molar refractivity (Wildman–Crippen MR) is 45.1 cm³/mol. The summed E-state index contributed by atoms with van der Waals surface area (Å²) in [7, 11) is 0. The zero-order valence-corrected chi connectivity index (χ0v) is 8.18. The van der Waals surface area contributed by atoms with Gasteiger partial charge in [0.2, 0.25) is 5.95 Å². The van der Waals surface area contributed by atoms with Gasteiger partial charge in [-0.25, -0.2) is 9.37 Å². The molecule has 17 heavy (non-hydrogen) atoms. The van der Waals surface area contributed by atoms with E-state index in [1.54, 1.807) is 0 Å². The van der Waals surface area contributed by atoms with Gasteiger partial charge < -0.3 is 5.11 Å². The van der Waals surface area contributed by atoms with Crippen LogP contribution in [0.15, 0.2) is 6.20 Å². The SMILES string of the molecule is O=C(O)CCc1c(F)cnc(F)c1C(F)(F)F. The maximum atomic E-state index is 13.1. The van der Waals surface area contributed by atoms with Crippen LogP contribution in [0.1, 0.15) is 17.5 Å². The minimum atomic E-state index is -5.12. The Bertz CT molecular complexity index is 444. The van der Waals surface area contributed by atoms with Crippen molar-refractivity contribution in [1.82, 2.24) is 4.98 Å². The third-order valence-electron chi connectivity index (χ3n) is 1.96. The molecular formula is C9H6F5NO2. The highest BCUT2D eigenvalue weighted by atomic mass is 19.4. The van der Waals surface area contributed by atoms with Gasteiger partial charge >= 0.3 is 12.1 Å². The van der Waals surface area contributed by atoms with Gasteiger partial charge in [-0.05, 0) is 6.42 Å². The molecule has 1 aromatic heterocycles. The average Bonchev–Trinajstić information content (AvgIpc) is 2.17. The topological polar surface area (TPSA) is 50.2 Å². The second-order valence-corrected chi connectivity index (χ2v) is 3.14. The van der Waals surface area contributed by atoms with Crippen molar-refractivity contribution in [3.05, 3.63) is 29.1 Å². The Morgan fingerprint density at radius 3 is 2.41 bits per heavy atom. The summed E-state index contributed by atoms with van der Waals surface area (Å²) in [6, 6.07) is 0. The lowest BCUT2D eigenvalue weighted by Gasteiger charge is -2.13. The smallest absolute Gasteiger partial charge is 0.421 e. The van der Waals surface area contributed by atoms with Gasteiger partial charge in [0, 0.05) is 12.0 Å². The number of alkyl halides is 3. The van der Waals surface area contributed by atoms with Crippen molar-refractivity contribution < 1.29 is 31.9 Å². The highest BCUT2D eigenvalue weighted by molar-refractivity contribution is 5.67. The summed E-state index contributed by atoms with van der Waals surface area (Å²) < 4.78 is 63.3. The molecule has 1 N–H and O–H groups in total. The molecule has 3 nitrogen and oxygen atoms in total. The molecule has 0 amide bonds. The lowest BCUT2D eigenvalue weighted by Crippen LogP contribution is -2.16. The van der Waals surface area contributed by atoms with Crippen LogP contribution in [0.5, 0.6) is 0 Å². The van der Waals surface area contributed by atoms with Gasteiger partial charge in [0.15, 0.2) is 0 Å². The highest BCUT2D eigenvalue weighted by Gasteiger charge is 2.39. The van der Waals surface area contributed by atoms with Crippen molar-refractivity contribution in [2.24, 2.45) is 0 Å². The van der Waals surface area contributed by atoms with Gasteiger partial charge in [0.25, 0.3) is 0 Å². The van der Waals surface area contributed by atoms with Crippen LogP contribution in [0.25, 0.3) is 0 Å². The molecule has 0 aliphatic heterocycles. The molecule has 0 aliphatic rings. The van der Waals surface area contributed by atoms with Crippen LogP contribution in [-0.2, 0) is 17.4 Å². The van der Waals surface area contributed by atoms with E-state index in [4.69, 9.17) is 5.11 Å². The molecular weight excluding hydrogens is 249 g/mol. The summed E-state index contributed by atoms with van der Waals surface area (Å²) in [6.45, 7) is 0. The van der Waals surface area contributed by atoms with Crippen LogP contribution in [0.4, 0.5) is 22.0 Å². The zero-order chi connectivity index (χ0) is 13.2. The maximum absolute atomic E-state index is 13.1. The second-order valence-electron chi connectivity index (χ2n) is 3.14. The van der Waals surface area contributed by atoms with Crippen LogP contribution in [0, 0.1) is 11.8 Å². The number of halogens is 5. The largest absolute Gasteiger partial charge is 0.481 e. The molecule has 1 heterocycles. The Labute approximate surface area is 91.9 Å². The van der Waals surface area contributed by atoms with Gasteiger partial charge in [-0.2, -0.15) is 17.6 Å². The number of carboxylic acid groups (broad SMARTS) is 1. The average molecular weight is 255 g/mol. The third kappa shape index (κ3) is 3.11. The molecule has 0 bridgehead atoms. The molecule has 1 aromatic rings. The van der Waals surface area contributed by atoms with Gasteiger partial charge in [-0.1, -0.05) is 0 Å². The van der Waals surface area contributed by atoms with E-state index in [9.17, 15) is 26.7 Å². The molecule has 0 fully saturated rings. The van der Waals surface area contributed by atoms with E-state index < -0.39 is 47.9 Å². The first-order valence-corrected chi connectivity index (χ1v) is 4.35. The van der Waals surface area contributed by atoms with E-state index in [0.717, 1.165) is 0 Å². The number of carboxylic acids is 1. The molecule has 1 rings (SSSR count). The Balaban J connectivity index is 3.25. The minimum absolute atomic E-state index is 0.293. The molecule has 0 unspecified atom stereocenters. The number of carbonyl (C=O) groups is 1. The predicted octanol–water partition coefficient (Wildman–Crippen LogP) is 2.40. The summed E-state index contributed by atoms with van der Waals surface area (Å²) in [5, 5.41) is 8.32. The van der Waals surface area contributed by atoms with Gasteiger partial charge in [-0.3, -0.25) is 4.79 Å². The van der Waals surface area contributed by atoms with Crippen LogP contribution >= 0.6 is 0 Å². The van der Waals surface area contributed by atoms with Gasteiger partial charge in [-0.15, -0.1) is 0 Å². The quantitative estimate of drug-likeness (QED) is 0.666. The Hall–Kier alpha value is -1.73. The van der Waals surface area contributed by atoms with E-state index in [-0.39, 0.29) is 0 Å². The Morgan fingerprint density at radius 1 is 1.35 bits per heavy atom. The molecule has 0 atom stereocenters. The number of aromatic nitrogens is 1. The number of aliphatic carboxylic acids is 1. The van der Waals surface area contributed by atoms with Crippen molar-refractivity contribution in [1.29, 1.82) is 0 Å². The van der Waals surface area contributed by atoms with Crippen LogP contribution in [-0.4, -0.2) is 16.1 Å². The normalized spacial score (nSPS) is 11.6. The van der Waals surface area contributed by atoms with Crippen LogP contribution < -0.4 is 0 Å². The monoisotopic (exact) mass is 255 g/mol. The van der Waals surface area contributed by atoms with Gasteiger partial charge in [0.1, 0.15) is 11.4 Å². The van der Waals surface area contributed by atoms with Crippen molar-refractivity contribution in [2.45, 2.75) is 19.0 Å². The lowest BCUT2D eigenvalue weighted by molar-refractivity contribution is -0.142. The summed E-state index contributed by atoms with van der Waals surface area (Å²) in [5.74, 6) is -4.64. The fourth-order valence-corrected chi connectivity index (χ4v) is 1.26.